The number of halogens is 2. The molecule has 2 N–H and O–H groups in total. The second kappa shape index (κ2) is 11.2. The molecule has 10 nitrogen and oxygen atoms in total. The molecule has 6 atom stereocenters. The first-order chi connectivity index (χ1) is 22.4. The zero-order valence-corrected chi connectivity index (χ0v) is 28.3. The Morgan fingerprint density at radius 1 is 0.894 bits per heavy atom. The van der Waals surface area contributed by atoms with E-state index < -0.39 is 58.7 Å². The van der Waals surface area contributed by atoms with E-state index in [0.29, 0.717) is 20.2 Å². The van der Waals surface area contributed by atoms with Gasteiger partial charge in [-0.15, -0.1) is 0 Å². The Hall–Kier alpha value is -4.29. The molecule has 1 saturated carbocycles. The number of carboxylic acids is 1. The Bertz CT molecular complexity index is 1940. The molecule has 2 aliphatic carbocycles. The van der Waals surface area contributed by atoms with E-state index in [2.05, 4.69) is 31.9 Å². The van der Waals surface area contributed by atoms with Gasteiger partial charge >= 0.3 is 5.97 Å². The minimum absolute atomic E-state index is 0.0574. The van der Waals surface area contributed by atoms with E-state index in [0.717, 1.165) is 10.5 Å². The number of carbonyl (C=O) groups is 5. The summed E-state index contributed by atoms with van der Waals surface area (Å²) >= 11 is 7.07. The fourth-order valence-electron chi connectivity index (χ4n) is 8.19. The molecule has 2 heterocycles. The number of ether oxygens (including phenoxy) is 1. The van der Waals surface area contributed by atoms with Gasteiger partial charge in [0, 0.05) is 10.4 Å². The molecule has 0 radical (unpaired) electrons. The van der Waals surface area contributed by atoms with E-state index in [4.69, 9.17) is 4.74 Å². The lowest BCUT2D eigenvalue weighted by atomic mass is 9.51. The smallest absolute Gasteiger partial charge is 0.335 e. The van der Waals surface area contributed by atoms with Gasteiger partial charge in [0.2, 0.25) is 23.6 Å². The molecule has 7 rings (SSSR count). The molecule has 240 valence electrons. The van der Waals surface area contributed by atoms with Crippen molar-refractivity contribution in [3.63, 3.8) is 0 Å². The van der Waals surface area contributed by atoms with Crippen LogP contribution in [0, 0.1) is 29.1 Å². The van der Waals surface area contributed by atoms with E-state index >= 15 is 0 Å². The Kier molecular flexibility index (Phi) is 7.43. The molecule has 3 fully saturated rings. The number of rotatable bonds is 5. The van der Waals surface area contributed by atoms with Crippen LogP contribution in [0.15, 0.2) is 81.3 Å². The summed E-state index contributed by atoms with van der Waals surface area (Å²) in [4.78, 5) is 71.1. The molecular weight excluding hydrogens is 736 g/mol. The van der Waals surface area contributed by atoms with Crippen molar-refractivity contribution in [2.75, 3.05) is 16.9 Å². The van der Waals surface area contributed by atoms with Gasteiger partial charge in [-0.3, -0.25) is 24.1 Å². The highest BCUT2D eigenvalue weighted by Gasteiger charge is 2.68. The monoisotopic (exact) mass is 762 g/mol. The van der Waals surface area contributed by atoms with Crippen molar-refractivity contribution >= 4 is 72.8 Å². The zero-order chi connectivity index (χ0) is 33.5. The number of carboxylic acid groups (broad SMARTS) is 1. The number of aromatic carboxylic acids is 1. The van der Waals surface area contributed by atoms with Crippen molar-refractivity contribution < 1.29 is 38.9 Å². The second-order valence-electron chi connectivity index (χ2n) is 12.5. The number of carbonyl (C=O) groups excluding carboxylic acids is 4. The van der Waals surface area contributed by atoms with Crippen molar-refractivity contribution in [1.82, 2.24) is 0 Å². The van der Waals surface area contributed by atoms with Crippen molar-refractivity contribution in [2.45, 2.75) is 25.7 Å². The number of phenols is 1. The quantitative estimate of drug-likeness (QED) is 0.236. The Labute approximate surface area is 286 Å². The van der Waals surface area contributed by atoms with Gasteiger partial charge in [0.05, 0.1) is 51.7 Å². The van der Waals surface area contributed by atoms with Crippen molar-refractivity contribution in [3.8, 4) is 11.5 Å². The minimum atomic E-state index is -1.30. The molecule has 12 heteroatoms. The fraction of sp³-hybridized carbons (Fsp3) is 0.286. The summed E-state index contributed by atoms with van der Waals surface area (Å²) in [5.41, 5.74) is 0.582. The van der Waals surface area contributed by atoms with Gasteiger partial charge < -0.3 is 14.9 Å². The number of anilines is 2. The Morgan fingerprint density at radius 2 is 1.60 bits per heavy atom. The van der Waals surface area contributed by atoms with Gasteiger partial charge in [-0.2, -0.15) is 0 Å². The van der Waals surface area contributed by atoms with E-state index in [1.165, 1.54) is 36.3 Å². The van der Waals surface area contributed by atoms with Gasteiger partial charge in [0.1, 0.15) is 0 Å². The summed E-state index contributed by atoms with van der Waals surface area (Å²) < 4.78 is 6.26. The Morgan fingerprint density at radius 3 is 2.28 bits per heavy atom. The molecule has 3 aromatic carbocycles. The number of benzene rings is 3. The number of nitrogens with zero attached hydrogens (tertiary/aromatic N) is 2. The normalized spacial score (nSPS) is 28.2. The van der Waals surface area contributed by atoms with Crippen LogP contribution >= 0.6 is 31.9 Å². The standard InChI is InChI=1S/C35H28Br2N2O8/c1-35-23(31(42)39(34(35)46)17-8-4-3-5-9-17)14-21-19(26(35)22-15-24(47-2)29(40)28(37)27(22)36)11-12-20-25(21)32(43)38(30(20)41)18-10-6-7-16(13-18)33(44)45/h3-11,13,15,20-21,23,25-26,40H,12,14H2,1-2H3,(H,44,45). The van der Waals surface area contributed by atoms with Crippen LogP contribution in [-0.4, -0.2) is 46.9 Å². The number of fused-ring (bicyclic) bond motifs is 4. The van der Waals surface area contributed by atoms with Gasteiger partial charge in [-0.1, -0.05) is 35.9 Å². The summed E-state index contributed by atoms with van der Waals surface area (Å²) in [6.07, 6.45) is 2.29. The first-order valence-corrected chi connectivity index (χ1v) is 16.6. The summed E-state index contributed by atoms with van der Waals surface area (Å²) in [5.74, 6) is -6.60. The Balaban J connectivity index is 1.40. The highest BCUT2D eigenvalue weighted by molar-refractivity contribution is 9.13. The maximum absolute atomic E-state index is 14.6. The number of allylic oxidation sites excluding steroid dienone is 2. The maximum atomic E-state index is 14.6. The highest BCUT2D eigenvalue weighted by Crippen LogP contribution is 2.65. The molecular formula is C35H28Br2N2O8. The molecule has 47 heavy (non-hydrogen) atoms. The van der Waals surface area contributed by atoms with E-state index in [-0.39, 0.29) is 41.5 Å². The van der Waals surface area contributed by atoms with Crippen LogP contribution in [0.5, 0.6) is 11.5 Å². The molecule has 2 saturated heterocycles. The van der Waals surface area contributed by atoms with E-state index in [1.54, 1.807) is 43.3 Å². The SMILES string of the molecule is COc1cc(C2C3=CCC4C(=O)N(c5cccc(C(=O)O)c5)C(=O)C4C3CC3C(=O)N(c4ccccc4)C(=O)C32C)c(Br)c(Br)c1O. The zero-order valence-electron chi connectivity index (χ0n) is 25.1. The minimum Gasteiger partial charge on any atom is -0.503 e. The number of hydrogen-bond acceptors (Lipinski definition) is 7. The summed E-state index contributed by atoms with van der Waals surface area (Å²) in [5, 5.41) is 20.3. The number of para-hydroxylation sites is 1. The van der Waals surface area contributed by atoms with Crippen LogP contribution in [0.3, 0.4) is 0 Å². The maximum Gasteiger partial charge on any atom is 0.335 e. The summed E-state index contributed by atoms with van der Waals surface area (Å²) in [6.45, 7) is 1.78. The third-order valence-electron chi connectivity index (χ3n) is 10.3. The van der Waals surface area contributed by atoms with Crippen LogP contribution < -0.4 is 14.5 Å². The first-order valence-electron chi connectivity index (χ1n) is 15.0. The van der Waals surface area contributed by atoms with Crippen molar-refractivity contribution in [2.24, 2.45) is 29.1 Å². The third-order valence-corrected chi connectivity index (χ3v) is 12.5. The summed E-state index contributed by atoms with van der Waals surface area (Å²) in [7, 11) is 1.41. The topological polar surface area (TPSA) is 142 Å². The molecule has 2 aliphatic heterocycles. The number of phenolic OH excluding ortho intramolecular Hbond substituents is 1. The van der Waals surface area contributed by atoms with Gasteiger partial charge in [-0.05, 0) is 99.5 Å². The molecule has 6 unspecified atom stereocenters. The van der Waals surface area contributed by atoms with Crippen LogP contribution in [0.4, 0.5) is 11.4 Å². The predicted octanol–water partition coefficient (Wildman–Crippen LogP) is 6.06. The van der Waals surface area contributed by atoms with Crippen LogP contribution in [0.1, 0.15) is 41.6 Å². The van der Waals surface area contributed by atoms with Crippen molar-refractivity contribution in [3.05, 3.63) is 92.4 Å². The van der Waals surface area contributed by atoms with Crippen LogP contribution in [0.2, 0.25) is 0 Å². The third kappa shape index (κ3) is 4.37. The lowest BCUT2D eigenvalue weighted by Gasteiger charge is -2.49. The average molecular weight is 764 g/mol. The van der Waals surface area contributed by atoms with Gasteiger partial charge in [-0.25, -0.2) is 9.69 Å². The molecule has 4 amide bonds. The summed E-state index contributed by atoms with van der Waals surface area (Å²) in [6, 6.07) is 16.0. The average Bonchev–Trinajstić information content (AvgIpc) is 3.44. The number of imide groups is 2. The number of hydrogen-bond donors (Lipinski definition) is 2. The number of methoxy groups -OCH3 is 1. The van der Waals surface area contributed by atoms with E-state index in [9.17, 15) is 34.2 Å². The molecule has 4 aliphatic rings. The first kappa shape index (κ1) is 31.3. The lowest BCUT2D eigenvalue weighted by molar-refractivity contribution is -0.131. The van der Waals surface area contributed by atoms with Crippen LogP contribution in [0.25, 0.3) is 0 Å². The molecule has 3 aromatic rings. The van der Waals surface area contributed by atoms with Crippen LogP contribution in [-0.2, 0) is 19.2 Å². The molecule has 0 spiro atoms. The fourth-order valence-corrected chi connectivity index (χ4v) is 9.15. The molecule has 0 bridgehead atoms. The van der Waals surface area contributed by atoms with Crippen molar-refractivity contribution in [1.29, 1.82) is 0 Å². The lowest BCUT2D eigenvalue weighted by Crippen LogP contribution is -2.49. The van der Waals surface area contributed by atoms with Gasteiger partial charge in [0.15, 0.2) is 11.5 Å². The van der Waals surface area contributed by atoms with E-state index in [1.807, 2.05) is 6.08 Å². The van der Waals surface area contributed by atoms with Gasteiger partial charge in [0.25, 0.3) is 0 Å². The number of amides is 4. The second-order valence-corrected chi connectivity index (χ2v) is 14.1. The molecule has 0 aromatic heterocycles. The predicted molar refractivity (Wildman–Crippen MR) is 177 cm³/mol. The largest absolute Gasteiger partial charge is 0.503 e. The highest BCUT2D eigenvalue weighted by atomic mass is 79.9. The number of aromatic hydroxyl groups is 1.